The van der Waals surface area contributed by atoms with Crippen LogP contribution in [0.5, 0.6) is 0 Å². The van der Waals surface area contributed by atoms with Crippen LogP contribution < -0.4 is 0 Å². The molecule has 2 aromatic carbocycles. The zero-order valence-corrected chi connectivity index (χ0v) is 18.6. The molecule has 1 aliphatic rings. The second kappa shape index (κ2) is 8.11. The van der Waals surface area contributed by atoms with Crippen molar-refractivity contribution in [1.29, 1.82) is 0 Å². The maximum absolute atomic E-state index is 4.83. The fourth-order valence-electron chi connectivity index (χ4n) is 4.04. The zero-order valence-electron chi connectivity index (χ0n) is 17.0. The Kier molecular flexibility index (Phi) is 4.98. The average molecular weight is 442 g/mol. The third-order valence-corrected chi connectivity index (χ3v) is 7.78. The number of thioether (sulfide) groups is 1. The zero-order chi connectivity index (χ0) is 20.6. The quantitative estimate of drug-likeness (QED) is 0.380. The smallest absolute Gasteiger partial charge is 0.160 e. The lowest BCUT2D eigenvalue weighted by atomic mass is 10.1. The number of rotatable bonds is 4. The molecular formula is C25H21N4S2. The molecule has 31 heavy (non-hydrogen) atoms. The normalized spacial score (nSPS) is 15.1. The summed E-state index contributed by atoms with van der Waals surface area (Å²) in [7, 11) is 0. The van der Waals surface area contributed by atoms with E-state index in [1.54, 1.807) is 11.3 Å². The minimum atomic E-state index is 0.718. The lowest BCUT2D eigenvalue weighted by molar-refractivity contribution is 0.294. The van der Waals surface area contributed by atoms with Crippen LogP contribution in [0.4, 0.5) is 0 Å². The number of thiophene rings is 1. The van der Waals surface area contributed by atoms with Crippen LogP contribution in [-0.2, 0) is 6.54 Å². The van der Waals surface area contributed by atoms with E-state index < -0.39 is 0 Å². The average Bonchev–Trinajstić information content (AvgIpc) is 3.46. The topological polar surface area (TPSA) is 44.8 Å². The summed E-state index contributed by atoms with van der Waals surface area (Å²) in [5, 5.41) is 1.16. The summed E-state index contributed by atoms with van der Waals surface area (Å²) in [5.74, 6) is 3.21. The molecule has 0 atom stereocenters. The highest BCUT2D eigenvalue weighted by molar-refractivity contribution is 7.99. The Labute approximate surface area is 189 Å². The van der Waals surface area contributed by atoms with E-state index in [0.29, 0.717) is 0 Å². The number of benzene rings is 2. The molecule has 0 bridgehead atoms. The largest absolute Gasteiger partial charge is 0.361 e. The number of aromatic nitrogens is 3. The molecule has 6 rings (SSSR count). The van der Waals surface area contributed by atoms with E-state index in [2.05, 4.69) is 87.4 Å². The highest BCUT2D eigenvalue weighted by Gasteiger charge is 2.12. The molecule has 3 aromatic heterocycles. The van der Waals surface area contributed by atoms with Crippen molar-refractivity contribution >= 4 is 44.2 Å². The number of nitrogens with one attached hydrogen (secondary N) is 1. The van der Waals surface area contributed by atoms with Crippen molar-refractivity contribution < 1.29 is 0 Å². The molecule has 0 amide bonds. The molecule has 1 radical (unpaired) electrons. The first-order valence-electron chi connectivity index (χ1n) is 10.5. The summed E-state index contributed by atoms with van der Waals surface area (Å²) >= 11 is 3.76. The molecule has 0 unspecified atom stereocenters. The molecule has 0 aliphatic carbocycles. The summed E-state index contributed by atoms with van der Waals surface area (Å²) in [6, 6.07) is 19.4. The Hall–Kier alpha value is -2.67. The van der Waals surface area contributed by atoms with E-state index in [4.69, 9.17) is 4.98 Å². The first kappa shape index (κ1) is 19.0. The minimum absolute atomic E-state index is 0.718. The summed E-state index contributed by atoms with van der Waals surface area (Å²) in [6.07, 6.45) is 5.16. The number of hydrogen-bond acceptors (Lipinski definition) is 5. The predicted molar refractivity (Wildman–Crippen MR) is 132 cm³/mol. The van der Waals surface area contributed by atoms with Gasteiger partial charge in [-0.2, -0.15) is 11.8 Å². The lowest BCUT2D eigenvalue weighted by Gasteiger charge is -2.26. The minimum Gasteiger partial charge on any atom is -0.361 e. The third kappa shape index (κ3) is 3.87. The van der Waals surface area contributed by atoms with Crippen molar-refractivity contribution in [2.75, 3.05) is 24.6 Å². The Bertz CT molecular complexity index is 1350. The molecule has 0 spiro atoms. The van der Waals surface area contributed by atoms with Crippen LogP contribution in [0.25, 0.3) is 42.9 Å². The molecule has 4 heterocycles. The summed E-state index contributed by atoms with van der Waals surface area (Å²) in [6.45, 7) is 3.43. The maximum Gasteiger partial charge on any atom is 0.160 e. The van der Waals surface area contributed by atoms with E-state index in [1.165, 1.54) is 40.6 Å². The molecule has 153 valence electrons. The standard InChI is InChI=1S/C25H21N4S2/c1-3-18(4-2-17(1)16-29-9-11-30-12-10-29)23-14-22-24(31-23)15-27-25(28-22)20-5-6-21-19(13-20)7-8-26-21/h1-8,13-14,26H,9-12,16H2. The van der Waals surface area contributed by atoms with E-state index in [9.17, 15) is 0 Å². The molecule has 6 heteroatoms. The van der Waals surface area contributed by atoms with Crippen LogP contribution in [0.2, 0.25) is 0 Å². The van der Waals surface area contributed by atoms with Crippen molar-refractivity contribution in [3.05, 3.63) is 72.6 Å². The molecule has 5 aromatic rings. The van der Waals surface area contributed by atoms with Crippen LogP contribution in [0.15, 0.2) is 60.8 Å². The fourth-order valence-corrected chi connectivity index (χ4v) is 5.97. The Morgan fingerprint density at radius 3 is 2.68 bits per heavy atom. The fraction of sp³-hybridized carbons (Fsp3) is 0.200. The number of nitrogens with zero attached hydrogens (tertiary/aromatic N) is 3. The predicted octanol–water partition coefficient (Wildman–Crippen LogP) is 5.86. The van der Waals surface area contributed by atoms with Crippen LogP contribution in [-0.4, -0.2) is 44.4 Å². The van der Waals surface area contributed by atoms with E-state index in [1.807, 2.05) is 6.20 Å². The number of hydrogen-bond donors (Lipinski definition) is 1. The van der Waals surface area contributed by atoms with E-state index in [0.717, 1.165) is 39.1 Å². The molecule has 4 nitrogen and oxygen atoms in total. The van der Waals surface area contributed by atoms with Crippen LogP contribution in [0.1, 0.15) is 5.56 Å². The van der Waals surface area contributed by atoms with E-state index >= 15 is 0 Å². The lowest BCUT2D eigenvalue weighted by Crippen LogP contribution is -2.31. The van der Waals surface area contributed by atoms with Gasteiger partial charge < -0.3 is 4.98 Å². The van der Waals surface area contributed by atoms with Gasteiger partial charge in [-0.15, -0.1) is 11.3 Å². The number of fused-ring (bicyclic) bond motifs is 2. The van der Waals surface area contributed by atoms with Gasteiger partial charge in [0.05, 0.1) is 10.2 Å². The molecule has 1 fully saturated rings. The highest BCUT2D eigenvalue weighted by atomic mass is 32.2. The Balaban J connectivity index is 1.26. The number of aromatic amines is 1. The summed E-state index contributed by atoms with van der Waals surface area (Å²) < 4.78 is 0.997. The van der Waals surface area contributed by atoms with Crippen LogP contribution >= 0.6 is 23.1 Å². The van der Waals surface area contributed by atoms with Gasteiger partial charge in [0, 0.05) is 58.7 Å². The van der Waals surface area contributed by atoms with Crippen LogP contribution in [0.3, 0.4) is 0 Å². The third-order valence-electron chi connectivity index (χ3n) is 5.76. The molecule has 1 aliphatic heterocycles. The molecule has 1 saturated heterocycles. The van der Waals surface area contributed by atoms with Crippen molar-refractivity contribution in [2.45, 2.75) is 6.54 Å². The van der Waals surface area contributed by atoms with Crippen molar-refractivity contribution in [2.24, 2.45) is 0 Å². The molecular weight excluding hydrogens is 420 g/mol. The second-order valence-electron chi connectivity index (χ2n) is 7.85. The second-order valence-corrected chi connectivity index (χ2v) is 10.1. The van der Waals surface area contributed by atoms with Gasteiger partial charge >= 0.3 is 0 Å². The van der Waals surface area contributed by atoms with Gasteiger partial charge in [0.25, 0.3) is 0 Å². The maximum atomic E-state index is 4.83. The van der Waals surface area contributed by atoms with Gasteiger partial charge in [0.2, 0.25) is 0 Å². The van der Waals surface area contributed by atoms with Crippen LogP contribution in [0, 0.1) is 6.20 Å². The van der Waals surface area contributed by atoms with Gasteiger partial charge in [-0.3, -0.25) is 4.90 Å². The van der Waals surface area contributed by atoms with Gasteiger partial charge in [-0.05, 0) is 41.5 Å². The SMILES string of the molecule is [c]1nc(-c2ccc3[nH]ccc3c2)nc2cc(-c3ccc(CN4CCSCC4)cc3)sc12. The summed E-state index contributed by atoms with van der Waals surface area (Å²) in [5.41, 5.74) is 5.69. The first-order valence-corrected chi connectivity index (χ1v) is 12.5. The first-order chi connectivity index (χ1) is 15.3. The Morgan fingerprint density at radius 1 is 0.968 bits per heavy atom. The van der Waals surface area contributed by atoms with Gasteiger partial charge in [-0.1, -0.05) is 24.3 Å². The molecule has 0 saturated carbocycles. The highest BCUT2D eigenvalue weighted by Crippen LogP contribution is 2.33. The Morgan fingerprint density at radius 2 is 1.81 bits per heavy atom. The van der Waals surface area contributed by atoms with Gasteiger partial charge in [-0.25, -0.2) is 9.97 Å². The van der Waals surface area contributed by atoms with Crippen molar-refractivity contribution in [3.63, 3.8) is 0 Å². The summed E-state index contributed by atoms with van der Waals surface area (Å²) in [4.78, 5) is 16.3. The van der Waals surface area contributed by atoms with Gasteiger partial charge in [0.15, 0.2) is 5.82 Å². The van der Waals surface area contributed by atoms with E-state index in [-0.39, 0.29) is 0 Å². The van der Waals surface area contributed by atoms with Crippen molar-refractivity contribution in [1.82, 2.24) is 19.9 Å². The van der Waals surface area contributed by atoms with Gasteiger partial charge in [0.1, 0.15) is 6.20 Å². The molecule has 1 N–H and O–H groups in total. The monoisotopic (exact) mass is 441 g/mol. The number of H-pyrrole nitrogens is 1. The van der Waals surface area contributed by atoms with Crippen molar-refractivity contribution in [3.8, 4) is 21.8 Å².